The van der Waals surface area contributed by atoms with Crippen LogP contribution in [0, 0.1) is 17.2 Å². The van der Waals surface area contributed by atoms with Crippen LogP contribution >= 0.6 is 12.2 Å². The molecule has 5 amide bonds. The van der Waals surface area contributed by atoms with Gasteiger partial charge in [-0.2, -0.15) is 18.4 Å². The molecule has 2 saturated heterocycles. The minimum Gasteiger partial charge on any atom is -0.490 e. The molecule has 62 heavy (non-hydrogen) atoms. The van der Waals surface area contributed by atoms with E-state index in [0.29, 0.717) is 42.1 Å². The first-order valence-electron chi connectivity index (χ1n) is 20.6. The molecule has 2 aromatic heterocycles. The van der Waals surface area contributed by atoms with Crippen molar-refractivity contribution in [1.29, 1.82) is 5.26 Å². The number of aromatic nitrogens is 2. The van der Waals surface area contributed by atoms with Crippen LogP contribution < -0.4 is 24.6 Å². The number of piperidine rings is 1. The van der Waals surface area contributed by atoms with E-state index in [1.54, 1.807) is 41.4 Å². The second-order valence-corrected chi connectivity index (χ2v) is 17.5. The van der Waals surface area contributed by atoms with E-state index in [1.165, 1.54) is 6.07 Å². The van der Waals surface area contributed by atoms with Crippen LogP contribution in [0.15, 0.2) is 48.8 Å². The summed E-state index contributed by atoms with van der Waals surface area (Å²) in [5, 5.41) is 11.4. The highest BCUT2D eigenvalue weighted by Gasteiger charge is 2.60. The lowest BCUT2D eigenvalue weighted by Crippen LogP contribution is -2.55. The van der Waals surface area contributed by atoms with Crippen molar-refractivity contribution >= 4 is 58.2 Å². The number of thiocarbonyl (C=S) groups is 1. The van der Waals surface area contributed by atoms with Crippen LogP contribution in [0.25, 0.3) is 0 Å². The number of benzene rings is 1. The molecule has 3 aliphatic heterocycles. The van der Waals surface area contributed by atoms with Crippen LogP contribution in [0.5, 0.6) is 11.6 Å². The highest BCUT2D eigenvalue weighted by Crippen LogP contribution is 2.48. The Morgan fingerprint density at radius 1 is 0.952 bits per heavy atom. The second kappa shape index (κ2) is 15.4. The Kier molecular flexibility index (Phi) is 10.3. The van der Waals surface area contributed by atoms with Gasteiger partial charge >= 0.3 is 6.18 Å². The van der Waals surface area contributed by atoms with E-state index in [2.05, 4.69) is 34.0 Å². The molecule has 322 valence electrons. The molecule has 1 N–H and O–H groups in total. The first kappa shape index (κ1) is 41.4. The number of nitrogens with one attached hydrogen (secondary N) is 1. The predicted molar refractivity (Wildman–Crippen MR) is 217 cm³/mol. The van der Waals surface area contributed by atoms with Gasteiger partial charge < -0.3 is 14.4 Å². The molecule has 0 bridgehead atoms. The first-order chi connectivity index (χ1) is 29.6. The summed E-state index contributed by atoms with van der Waals surface area (Å²) in [7, 11) is 0. The van der Waals surface area contributed by atoms with E-state index < -0.39 is 58.6 Å². The maximum atomic E-state index is 13.8. The standard InChI is InChI=1S/C43H41F3N8O7S/c1-22(2)51(25-14-29(15-25)60-27-5-6-30-31(17-27)39(58)53(38(30)57)34-7-8-35(55)50-37(34)56)21-23-12-28(13-23)61-36-9-4-24(19-49-36)54-41(62)52(40(59)42(54)10-3-11-42)26-16-32(43(44,45)46)33(18-47)48-20-26/h4-6,9,16-17,19-20,22-23,25,28-29,34H,3,7-8,10-15,21H2,1-2H3,(H,50,55,56). The number of imide groups is 2. The van der Waals surface area contributed by atoms with Crippen molar-refractivity contribution in [2.75, 3.05) is 16.3 Å². The molecule has 15 nitrogen and oxygen atoms in total. The number of pyridine rings is 2. The van der Waals surface area contributed by atoms with E-state index in [1.807, 2.05) is 0 Å². The van der Waals surface area contributed by atoms with E-state index in [9.17, 15) is 42.4 Å². The lowest BCUT2D eigenvalue weighted by molar-refractivity contribution is -0.138. The van der Waals surface area contributed by atoms with Crippen molar-refractivity contribution in [3.05, 3.63) is 71.2 Å². The van der Waals surface area contributed by atoms with Gasteiger partial charge in [0.15, 0.2) is 10.8 Å². The zero-order chi connectivity index (χ0) is 43.8. The van der Waals surface area contributed by atoms with Gasteiger partial charge in [0, 0.05) is 44.0 Å². The number of carbonyl (C=O) groups is 5. The maximum Gasteiger partial charge on any atom is 0.419 e. The van der Waals surface area contributed by atoms with Crippen molar-refractivity contribution in [3.8, 4) is 17.7 Å². The molecule has 1 spiro atoms. The molecule has 6 aliphatic rings. The van der Waals surface area contributed by atoms with Crippen molar-refractivity contribution in [1.82, 2.24) is 25.1 Å². The van der Waals surface area contributed by atoms with E-state index in [4.69, 9.17) is 21.7 Å². The van der Waals surface area contributed by atoms with Gasteiger partial charge in [0.25, 0.3) is 17.7 Å². The zero-order valence-electron chi connectivity index (χ0n) is 33.7. The summed E-state index contributed by atoms with van der Waals surface area (Å²) in [6.07, 6.45) is 2.66. The summed E-state index contributed by atoms with van der Waals surface area (Å²) in [4.78, 5) is 78.5. The number of halogens is 3. The molecule has 9 rings (SSSR count). The molecule has 19 heteroatoms. The number of carbonyl (C=O) groups excluding carboxylic acids is 5. The topological polar surface area (TPSA) is 178 Å². The van der Waals surface area contributed by atoms with Gasteiger partial charge in [0.05, 0.1) is 40.5 Å². The summed E-state index contributed by atoms with van der Waals surface area (Å²) in [6.45, 7) is 5.21. The van der Waals surface area contributed by atoms with E-state index in [-0.39, 0.29) is 53.0 Å². The number of alkyl halides is 3. The normalized spacial score (nSPS) is 25.5. The molecule has 3 saturated carbocycles. The molecule has 1 atom stereocenters. The number of hydrogen-bond acceptors (Lipinski definition) is 12. The quantitative estimate of drug-likeness (QED) is 0.194. The molecule has 3 aliphatic carbocycles. The predicted octanol–water partition coefficient (Wildman–Crippen LogP) is 5.31. The fraction of sp³-hybridized carbons (Fsp3) is 0.465. The summed E-state index contributed by atoms with van der Waals surface area (Å²) in [6, 6.07) is 9.97. The number of rotatable bonds is 11. The number of fused-ring (bicyclic) bond motifs is 1. The fourth-order valence-corrected chi connectivity index (χ4v) is 9.92. The Balaban J connectivity index is 0.773. The molecule has 1 unspecified atom stereocenters. The molecular formula is C43H41F3N8O7S. The van der Waals surface area contributed by atoms with Crippen LogP contribution in [-0.4, -0.2) is 96.8 Å². The van der Waals surface area contributed by atoms with Crippen molar-refractivity contribution in [2.24, 2.45) is 5.92 Å². The zero-order valence-corrected chi connectivity index (χ0v) is 34.5. The fourth-order valence-electron chi connectivity index (χ4n) is 9.45. The summed E-state index contributed by atoms with van der Waals surface area (Å²) < 4.78 is 53.8. The van der Waals surface area contributed by atoms with Gasteiger partial charge in [0.1, 0.15) is 35.6 Å². The Labute approximate surface area is 359 Å². The molecule has 5 heterocycles. The van der Waals surface area contributed by atoms with Crippen LogP contribution in [0.1, 0.15) is 104 Å². The Hall–Kier alpha value is -6.00. The summed E-state index contributed by atoms with van der Waals surface area (Å²) in [5.41, 5.74) is -2.37. The molecular weight excluding hydrogens is 830 g/mol. The van der Waals surface area contributed by atoms with Crippen LogP contribution in [-0.2, 0) is 20.6 Å². The molecule has 0 radical (unpaired) electrons. The Morgan fingerprint density at radius 2 is 1.66 bits per heavy atom. The number of amides is 5. The van der Waals surface area contributed by atoms with E-state index in [0.717, 1.165) is 60.7 Å². The SMILES string of the molecule is CC(C)N(CC1CC(Oc2ccc(N3C(=S)N(c4cnc(C#N)c(C(F)(F)F)c4)C(=O)C34CCC4)cn2)C1)C1CC(Oc2ccc3c(c2)C(=O)N(C2CCC(=O)NC2=O)C3=O)C1. The number of nitrogens with zero attached hydrogens (tertiary/aromatic N) is 7. The average molecular weight is 871 g/mol. The maximum absolute atomic E-state index is 13.8. The van der Waals surface area contributed by atoms with Gasteiger partial charge in [0.2, 0.25) is 17.7 Å². The monoisotopic (exact) mass is 870 g/mol. The highest BCUT2D eigenvalue weighted by molar-refractivity contribution is 7.81. The van der Waals surface area contributed by atoms with Crippen LogP contribution in [0.2, 0.25) is 0 Å². The first-order valence-corrected chi connectivity index (χ1v) is 21.0. The molecule has 3 aromatic rings. The van der Waals surface area contributed by atoms with Crippen molar-refractivity contribution < 1.29 is 46.6 Å². The Morgan fingerprint density at radius 3 is 2.29 bits per heavy atom. The van der Waals surface area contributed by atoms with Crippen LogP contribution in [0.3, 0.4) is 0 Å². The van der Waals surface area contributed by atoms with Gasteiger partial charge in [-0.25, -0.2) is 9.97 Å². The van der Waals surface area contributed by atoms with Crippen molar-refractivity contribution in [3.63, 3.8) is 0 Å². The number of hydrogen-bond donors (Lipinski definition) is 1. The van der Waals surface area contributed by atoms with Gasteiger partial charge in [-0.15, -0.1) is 0 Å². The third-order valence-corrected chi connectivity index (χ3v) is 13.3. The van der Waals surface area contributed by atoms with Gasteiger partial charge in [-0.1, -0.05) is 0 Å². The van der Waals surface area contributed by atoms with Crippen LogP contribution in [0.4, 0.5) is 24.5 Å². The summed E-state index contributed by atoms with van der Waals surface area (Å²) >= 11 is 5.71. The lowest BCUT2D eigenvalue weighted by Gasteiger charge is -2.48. The second-order valence-electron chi connectivity index (χ2n) is 17.1. The Bertz CT molecular complexity index is 2440. The minimum atomic E-state index is -4.85. The third-order valence-electron chi connectivity index (χ3n) is 13.0. The number of ether oxygens (including phenoxy) is 2. The minimum absolute atomic E-state index is 0.00295. The largest absolute Gasteiger partial charge is 0.490 e. The third kappa shape index (κ3) is 7.02. The average Bonchev–Trinajstić information content (AvgIpc) is 3.58. The van der Waals surface area contributed by atoms with Gasteiger partial charge in [-0.05, 0) is 101 Å². The molecule has 1 aromatic carbocycles. The highest BCUT2D eigenvalue weighted by atomic mass is 32.1. The smallest absolute Gasteiger partial charge is 0.419 e. The lowest BCUT2D eigenvalue weighted by atomic mass is 9.75. The van der Waals surface area contributed by atoms with Gasteiger partial charge in [-0.3, -0.25) is 44.0 Å². The number of nitriles is 1. The van der Waals surface area contributed by atoms with Crippen molar-refractivity contribution in [2.45, 2.75) is 114 Å². The molecule has 5 fully saturated rings. The summed E-state index contributed by atoms with van der Waals surface area (Å²) in [5.74, 6) is -1.40. The van der Waals surface area contributed by atoms with E-state index >= 15 is 0 Å². The number of anilines is 2.